The molecule has 1 aromatic heterocycles. The van der Waals surface area contributed by atoms with Crippen molar-refractivity contribution in [2.75, 3.05) is 5.32 Å². The summed E-state index contributed by atoms with van der Waals surface area (Å²) in [6, 6.07) is 13.5. The molecule has 8 nitrogen and oxygen atoms in total. The molecule has 10 heteroatoms. The van der Waals surface area contributed by atoms with Gasteiger partial charge in [0.05, 0.1) is 10.5 Å². The molecule has 2 N–H and O–H groups in total. The summed E-state index contributed by atoms with van der Waals surface area (Å²) in [6.45, 7) is 4.06. The summed E-state index contributed by atoms with van der Waals surface area (Å²) < 4.78 is 0. The lowest BCUT2D eigenvalue weighted by molar-refractivity contribution is -0.384. The van der Waals surface area contributed by atoms with Crippen LogP contribution in [0.2, 0.25) is 5.02 Å². The van der Waals surface area contributed by atoms with Crippen LogP contribution in [0, 0.1) is 15.5 Å². The molecule has 1 aliphatic heterocycles. The molecule has 0 radical (unpaired) electrons. The molecule has 1 unspecified atom stereocenters. The van der Waals surface area contributed by atoms with Crippen LogP contribution in [0.15, 0.2) is 69.8 Å². The normalized spacial score (nSPS) is 18.3. The van der Waals surface area contributed by atoms with E-state index in [1.165, 1.54) is 23.9 Å². The Morgan fingerprint density at radius 2 is 1.92 bits per heavy atom. The number of benzene rings is 2. The molecule has 5 rings (SSSR count). The zero-order valence-corrected chi connectivity index (χ0v) is 21.2. The van der Waals surface area contributed by atoms with Crippen LogP contribution < -0.4 is 10.9 Å². The maximum Gasteiger partial charge on any atom is 0.269 e. The van der Waals surface area contributed by atoms with Gasteiger partial charge in [-0.1, -0.05) is 61.5 Å². The van der Waals surface area contributed by atoms with Gasteiger partial charge >= 0.3 is 0 Å². The number of non-ortho nitro benzene ring substituents is 1. The Bertz CT molecular complexity index is 1480. The summed E-state index contributed by atoms with van der Waals surface area (Å²) in [4.78, 5) is 45.0. The highest BCUT2D eigenvalue weighted by molar-refractivity contribution is 7.98. The van der Waals surface area contributed by atoms with Gasteiger partial charge in [0.1, 0.15) is 5.82 Å². The summed E-state index contributed by atoms with van der Waals surface area (Å²) in [6.07, 6.45) is 0.974. The van der Waals surface area contributed by atoms with E-state index in [0.29, 0.717) is 51.3 Å². The fourth-order valence-corrected chi connectivity index (χ4v) is 5.88. The molecule has 1 aliphatic carbocycles. The minimum Gasteiger partial charge on any atom is -0.343 e. The van der Waals surface area contributed by atoms with Gasteiger partial charge in [0.15, 0.2) is 10.9 Å². The lowest BCUT2D eigenvalue weighted by atomic mass is 9.69. The van der Waals surface area contributed by atoms with Crippen LogP contribution in [0.4, 0.5) is 11.5 Å². The second-order valence-electron chi connectivity index (χ2n) is 9.79. The first-order valence-corrected chi connectivity index (χ1v) is 12.8. The second kappa shape index (κ2) is 9.22. The number of Topliss-reactive ketones (excluding diaryl/α,β-unsaturated/α-hetero) is 1. The molecular weight excluding hydrogens is 500 g/mol. The Labute approximate surface area is 216 Å². The highest BCUT2D eigenvalue weighted by atomic mass is 35.5. The number of nitrogens with one attached hydrogen (secondary N) is 2. The van der Waals surface area contributed by atoms with Crippen molar-refractivity contribution >= 4 is 40.7 Å². The summed E-state index contributed by atoms with van der Waals surface area (Å²) in [5, 5.41) is 15.5. The van der Waals surface area contributed by atoms with Gasteiger partial charge in [0.2, 0.25) is 0 Å². The van der Waals surface area contributed by atoms with E-state index in [1.54, 1.807) is 18.2 Å². The van der Waals surface area contributed by atoms with Gasteiger partial charge in [-0.3, -0.25) is 19.7 Å². The van der Waals surface area contributed by atoms with Crippen LogP contribution in [0.25, 0.3) is 0 Å². The van der Waals surface area contributed by atoms with E-state index >= 15 is 0 Å². The Balaban J connectivity index is 1.58. The van der Waals surface area contributed by atoms with Crippen LogP contribution in [-0.2, 0) is 10.5 Å². The summed E-state index contributed by atoms with van der Waals surface area (Å²) >= 11 is 7.46. The minimum absolute atomic E-state index is 0.0402. The molecule has 0 bridgehead atoms. The standard InChI is InChI=1S/C26H23ClN4O4S/c1-26(2)11-18-21(19(32)12-26)20(15-6-8-17(9-7-15)31(34)35)22-23(28-18)29-25(30-24(22)33)36-13-14-4-3-5-16(27)10-14/h3-10,20H,11-13H2,1-2H3,(H2,28,29,30,33). The molecular formula is C26H23ClN4O4S. The zero-order valence-electron chi connectivity index (χ0n) is 19.6. The molecule has 0 fully saturated rings. The van der Waals surface area contributed by atoms with Crippen LogP contribution in [0.3, 0.4) is 0 Å². The van der Waals surface area contributed by atoms with Crippen molar-refractivity contribution in [1.82, 2.24) is 9.97 Å². The number of nitrogens with zero attached hydrogens (tertiary/aromatic N) is 2. The first-order chi connectivity index (χ1) is 17.1. The summed E-state index contributed by atoms with van der Waals surface area (Å²) in [7, 11) is 0. The number of aromatic nitrogens is 2. The number of fused-ring (bicyclic) bond motifs is 1. The first kappa shape index (κ1) is 24.3. The number of allylic oxidation sites excluding steroid dienone is 2. The van der Waals surface area contributed by atoms with Crippen LogP contribution in [-0.4, -0.2) is 20.7 Å². The Morgan fingerprint density at radius 3 is 2.61 bits per heavy atom. The topological polar surface area (TPSA) is 118 Å². The van der Waals surface area contributed by atoms with Crippen molar-refractivity contribution in [1.29, 1.82) is 0 Å². The number of hydrogen-bond donors (Lipinski definition) is 2. The number of hydrogen-bond acceptors (Lipinski definition) is 7. The SMILES string of the molecule is CC1(C)CC(=O)C2=C(C1)Nc1nc(SCc3cccc(Cl)c3)[nH]c(=O)c1C2c1ccc([N+](=O)[O-])cc1. The van der Waals surface area contributed by atoms with Crippen LogP contribution in [0.1, 0.15) is 49.3 Å². The highest BCUT2D eigenvalue weighted by Gasteiger charge is 2.42. The van der Waals surface area contributed by atoms with Gasteiger partial charge in [-0.15, -0.1) is 0 Å². The number of nitro groups is 1. The van der Waals surface area contributed by atoms with E-state index in [9.17, 15) is 19.7 Å². The number of H-pyrrole nitrogens is 1. The number of ketones is 1. The van der Waals surface area contributed by atoms with Crippen molar-refractivity contribution in [3.63, 3.8) is 0 Å². The van der Waals surface area contributed by atoms with Crippen LogP contribution >= 0.6 is 23.4 Å². The molecule has 1 atom stereocenters. The number of thioether (sulfide) groups is 1. The molecule has 0 saturated heterocycles. The third-order valence-corrected chi connectivity index (χ3v) is 7.58. The number of carbonyl (C=O) groups is 1. The molecule has 3 aromatic rings. The summed E-state index contributed by atoms with van der Waals surface area (Å²) in [5.74, 6) is 0.262. The molecule has 2 heterocycles. The van der Waals surface area contributed by atoms with Gasteiger partial charge < -0.3 is 10.3 Å². The third-order valence-electron chi connectivity index (χ3n) is 6.40. The Hall–Kier alpha value is -3.43. The maximum absolute atomic E-state index is 13.4. The van der Waals surface area contributed by atoms with Gasteiger partial charge in [0, 0.05) is 46.5 Å². The first-order valence-electron chi connectivity index (χ1n) is 11.4. The fraction of sp³-hybridized carbons (Fsp3) is 0.269. The van der Waals surface area contributed by atoms with Gasteiger partial charge in [-0.25, -0.2) is 4.98 Å². The lowest BCUT2D eigenvalue weighted by Crippen LogP contribution is -2.37. The molecule has 0 spiro atoms. The third kappa shape index (κ3) is 4.68. The fourth-order valence-electron chi connectivity index (χ4n) is 4.86. The molecule has 2 aromatic carbocycles. The van der Waals surface area contributed by atoms with Crippen molar-refractivity contribution in [3.05, 3.63) is 102 Å². The number of anilines is 1. The molecule has 184 valence electrons. The quantitative estimate of drug-likeness (QED) is 0.187. The van der Waals surface area contributed by atoms with Gasteiger partial charge in [0.25, 0.3) is 11.2 Å². The maximum atomic E-state index is 13.4. The predicted octanol–water partition coefficient (Wildman–Crippen LogP) is 5.82. The van der Waals surface area contributed by atoms with Crippen molar-refractivity contribution in [2.24, 2.45) is 5.41 Å². The van der Waals surface area contributed by atoms with Crippen molar-refractivity contribution < 1.29 is 9.72 Å². The summed E-state index contributed by atoms with van der Waals surface area (Å²) in [5.41, 5.74) is 2.59. The van der Waals surface area contributed by atoms with E-state index in [1.807, 2.05) is 32.0 Å². The Kier molecular flexibility index (Phi) is 6.22. The van der Waals surface area contributed by atoms with Crippen molar-refractivity contribution in [2.45, 2.75) is 43.5 Å². The smallest absolute Gasteiger partial charge is 0.269 e. The van der Waals surface area contributed by atoms with E-state index in [0.717, 1.165) is 11.3 Å². The predicted molar refractivity (Wildman–Crippen MR) is 139 cm³/mol. The second-order valence-corrected chi connectivity index (χ2v) is 11.2. The molecule has 0 saturated carbocycles. The van der Waals surface area contributed by atoms with E-state index in [-0.39, 0.29) is 22.4 Å². The van der Waals surface area contributed by atoms with Crippen molar-refractivity contribution in [3.8, 4) is 0 Å². The Morgan fingerprint density at radius 1 is 1.17 bits per heavy atom. The highest BCUT2D eigenvalue weighted by Crippen LogP contribution is 2.47. The lowest BCUT2D eigenvalue weighted by Gasteiger charge is -2.38. The number of carbonyl (C=O) groups excluding carboxylic acids is 1. The minimum atomic E-state index is -0.663. The van der Waals surface area contributed by atoms with Gasteiger partial charge in [-0.2, -0.15) is 0 Å². The van der Waals surface area contributed by atoms with E-state index < -0.39 is 10.8 Å². The zero-order chi connectivity index (χ0) is 25.6. The molecule has 2 aliphatic rings. The van der Waals surface area contributed by atoms with Crippen LogP contribution in [0.5, 0.6) is 0 Å². The average molecular weight is 523 g/mol. The van der Waals surface area contributed by atoms with E-state index in [2.05, 4.69) is 10.3 Å². The number of aromatic amines is 1. The number of rotatable bonds is 5. The number of halogens is 1. The molecule has 0 amide bonds. The number of nitro benzene ring substituents is 1. The average Bonchev–Trinajstić information content (AvgIpc) is 2.81. The van der Waals surface area contributed by atoms with Gasteiger partial charge in [-0.05, 0) is 35.1 Å². The largest absolute Gasteiger partial charge is 0.343 e. The molecule has 36 heavy (non-hydrogen) atoms. The van der Waals surface area contributed by atoms with E-state index in [4.69, 9.17) is 16.6 Å². The monoisotopic (exact) mass is 522 g/mol.